The van der Waals surface area contributed by atoms with E-state index in [4.69, 9.17) is 0 Å². The Labute approximate surface area is 130 Å². The first-order valence-corrected chi connectivity index (χ1v) is 7.46. The fourth-order valence-electron chi connectivity index (χ4n) is 2.54. The molecule has 0 saturated heterocycles. The van der Waals surface area contributed by atoms with Crippen molar-refractivity contribution < 1.29 is 4.79 Å². The molecule has 1 amide bonds. The van der Waals surface area contributed by atoms with Gasteiger partial charge in [0.25, 0.3) is 0 Å². The number of nitrogens with one attached hydrogen (secondary N) is 1. The lowest BCUT2D eigenvalue weighted by Crippen LogP contribution is -2.23. The maximum Gasteiger partial charge on any atom is 0.220 e. The van der Waals surface area contributed by atoms with Crippen molar-refractivity contribution in [3.8, 4) is 0 Å². The van der Waals surface area contributed by atoms with Gasteiger partial charge in [-0.25, -0.2) is 0 Å². The molecule has 3 rings (SSSR count). The summed E-state index contributed by atoms with van der Waals surface area (Å²) in [6.07, 6.45) is 2.97. The lowest BCUT2D eigenvalue weighted by molar-refractivity contribution is -0.121. The van der Waals surface area contributed by atoms with Gasteiger partial charge >= 0.3 is 0 Å². The van der Waals surface area contributed by atoms with Crippen LogP contribution in [0.3, 0.4) is 0 Å². The Morgan fingerprint density at radius 2 is 1.77 bits per heavy atom. The average molecular weight is 290 g/mol. The zero-order valence-electron chi connectivity index (χ0n) is 12.3. The number of carbonyl (C=O) groups is 1. The molecule has 0 aliphatic rings. The fourth-order valence-corrected chi connectivity index (χ4v) is 2.54. The van der Waals surface area contributed by atoms with E-state index < -0.39 is 0 Å². The molecule has 0 unspecified atom stereocenters. The summed E-state index contributed by atoms with van der Waals surface area (Å²) in [5.74, 6) is 0.0542. The van der Waals surface area contributed by atoms with E-state index in [1.165, 1.54) is 16.3 Å². The summed E-state index contributed by atoms with van der Waals surface area (Å²) < 4.78 is 0. The number of rotatable bonds is 5. The first-order chi connectivity index (χ1) is 10.8. The predicted molar refractivity (Wildman–Crippen MR) is 88.4 cm³/mol. The van der Waals surface area contributed by atoms with Gasteiger partial charge in [-0.3, -0.25) is 9.78 Å². The number of aromatic nitrogens is 1. The van der Waals surface area contributed by atoms with Crippen molar-refractivity contribution in [2.75, 3.05) is 0 Å². The SMILES string of the molecule is O=C(CCc1cccc2ccccc12)NCc1ccccn1. The quantitative estimate of drug-likeness (QED) is 0.781. The highest BCUT2D eigenvalue weighted by molar-refractivity contribution is 5.86. The topological polar surface area (TPSA) is 42.0 Å². The number of hydrogen-bond donors (Lipinski definition) is 1. The molecule has 1 heterocycles. The van der Waals surface area contributed by atoms with E-state index in [-0.39, 0.29) is 5.91 Å². The summed E-state index contributed by atoms with van der Waals surface area (Å²) in [7, 11) is 0. The maximum atomic E-state index is 12.0. The van der Waals surface area contributed by atoms with Crippen LogP contribution in [0.25, 0.3) is 10.8 Å². The van der Waals surface area contributed by atoms with E-state index in [0.29, 0.717) is 13.0 Å². The van der Waals surface area contributed by atoms with Gasteiger partial charge in [-0.15, -0.1) is 0 Å². The van der Waals surface area contributed by atoms with E-state index in [9.17, 15) is 4.79 Å². The molecular weight excluding hydrogens is 272 g/mol. The van der Waals surface area contributed by atoms with Gasteiger partial charge in [0, 0.05) is 12.6 Å². The third kappa shape index (κ3) is 3.50. The van der Waals surface area contributed by atoms with Gasteiger partial charge in [-0.1, -0.05) is 48.5 Å². The molecule has 0 radical (unpaired) electrons. The monoisotopic (exact) mass is 290 g/mol. The van der Waals surface area contributed by atoms with Crippen LogP contribution < -0.4 is 5.32 Å². The van der Waals surface area contributed by atoms with Gasteiger partial charge < -0.3 is 5.32 Å². The van der Waals surface area contributed by atoms with Crippen molar-refractivity contribution in [3.63, 3.8) is 0 Å². The lowest BCUT2D eigenvalue weighted by Gasteiger charge is -2.07. The number of pyridine rings is 1. The Bertz CT molecular complexity index is 763. The summed E-state index contributed by atoms with van der Waals surface area (Å²) >= 11 is 0. The molecule has 0 fully saturated rings. The van der Waals surface area contributed by atoms with Crippen molar-refractivity contribution in [1.29, 1.82) is 0 Å². The Hall–Kier alpha value is -2.68. The molecule has 22 heavy (non-hydrogen) atoms. The Morgan fingerprint density at radius 3 is 2.64 bits per heavy atom. The second-order valence-electron chi connectivity index (χ2n) is 5.24. The summed E-state index contributed by atoms with van der Waals surface area (Å²) in [5, 5.41) is 5.36. The van der Waals surface area contributed by atoms with Gasteiger partial charge in [0.1, 0.15) is 0 Å². The van der Waals surface area contributed by atoms with Crippen LogP contribution >= 0.6 is 0 Å². The van der Waals surface area contributed by atoms with Crippen LogP contribution in [-0.2, 0) is 17.8 Å². The second-order valence-corrected chi connectivity index (χ2v) is 5.24. The lowest BCUT2D eigenvalue weighted by atomic mass is 10.0. The molecule has 0 spiro atoms. The van der Waals surface area contributed by atoms with Gasteiger partial charge in [-0.05, 0) is 34.9 Å². The van der Waals surface area contributed by atoms with Gasteiger partial charge in [0.2, 0.25) is 5.91 Å². The molecule has 2 aromatic carbocycles. The molecule has 0 bridgehead atoms. The first-order valence-electron chi connectivity index (χ1n) is 7.46. The van der Waals surface area contributed by atoms with E-state index in [0.717, 1.165) is 12.1 Å². The highest BCUT2D eigenvalue weighted by Gasteiger charge is 2.05. The van der Waals surface area contributed by atoms with Crippen LogP contribution in [0.1, 0.15) is 17.7 Å². The summed E-state index contributed by atoms with van der Waals surface area (Å²) in [6.45, 7) is 0.481. The maximum absolute atomic E-state index is 12.0. The molecule has 3 nitrogen and oxygen atoms in total. The molecule has 0 aliphatic heterocycles. The van der Waals surface area contributed by atoms with Crippen molar-refractivity contribution in [1.82, 2.24) is 10.3 Å². The number of fused-ring (bicyclic) bond motifs is 1. The van der Waals surface area contributed by atoms with Crippen LogP contribution in [0.4, 0.5) is 0 Å². The molecule has 0 aliphatic carbocycles. The minimum absolute atomic E-state index is 0.0542. The number of aryl methyl sites for hydroxylation is 1. The largest absolute Gasteiger partial charge is 0.350 e. The number of benzene rings is 2. The minimum atomic E-state index is 0.0542. The van der Waals surface area contributed by atoms with E-state index in [1.807, 2.05) is 36.4 Å². The molecule has 0 saturated carbocycles. The second kappa shape index (κ2) is 6.85. The number of carbonyl (C=O) groups excluding carboxylic acids is 1. The molecule has 3 aromatic rings. The van der Waals surface area contributed by atoms with Crippen molar-refractivity contribution in [2.45, 2.75) is 19.4 Å². The Morgan fingerprint density at radius 1 is 0.955 bits per heavy atom. The van der Waals surface area contributed by atoms with E-state index >= 15 is 0 Å². The normalized spacial score (nSPS) is 10.5. The van der Waals surface area contributed by atoms with E-state index in [1.54, 1.807) is 6.20 Å². The summed E-state index contributed by atoms with van der Waals surface area (Å²) in [4.78, 5) is 16.2. The number of hydrogen-bond acceptors (Lipinski definition) is 2. The number of nitrogens with zero attached hydrogens (tertiary/aromatic N) is 1. The third-order valence-electron chi connectivity index (χ3n) is 3.69. The predicted octanol–water partition coefficient (Wildman–Crippen LogP) is 3.48. The van der Waals surface area contributed by atoms with Gasteiger partial charge in [-0.2, -0.15) is 0 Å². The molecular formula is C19H18N2O. The van der Waals surface area contributed by atoms with Gasteiger partial charge in [0.15, 0.2) is 0 Å². The first kappa shape index (κ1) is 14.3. The van der Waals surface area contributed by atoms with Crippen LogP contribution in [-0.4, -0.2) is 10.9 Å². The number of amides is 1. The fraction of sp³-hybridized carbons (Fsp3) is 0.158. The minimum Gasteiger partial charge on any atom is -0.350 e. The van der Waals surface area contributed by atoms with Crippen LogP contribution in [0, 0.1) is 0 Å². The van der Waals surface area contributed by atoms with Crippen molar-refractivity contribution in [2.24, 2.45) is 0 Å². The van der Waals surface area contributed by atoms with Crippen LogP contribution in [0.5, 0.6) is 0 Å². The zero-order chi connectivity index (χ0) is 15.2. The highest BCUT2D eigenvalue weighted by atomic mass is 16.1. The molecule has 1 aromatic heterocycles. The zero-order valence-corrected chi connectivity index (χ0v) is 12.3. The van der Waals surface area contributed by atoms with Crippen LogP contribution in [0.2, 0.25) is 0 Å². The van der Waals surface area contributed by atoms with Crippen LogP contribution in [0.15, 0.2) is 66.9 Å². The Balaban J connectivity index is 1.58. The van der Waals surface area contributed by atoms with E-state index in [2.05, 4.69) is 34.6 Å². The molecule has 1 N–H and O–H groups in total. The van der Waals surface area contributed by atoms with Gasteiger partial charge in [0.05, 0.1) is 12.2 Å². The smallest absolute Gasteiger partial charge is 0.220 e. The highest BCUT2D eigenvalue weighted by Crippen LogP contribution is 2.19. The molecule has 3 heteroatoms. The Kier molecular flexibility index (Phi) is 4.44. The standard InChI is InChI=1S/C19H18N2O/c22-19(21-14-17-9-3-4-13-20-17)12-11-16-8-5-7-15-6-1-2-10-18(15)16/h1-10,13H,11-12,14H2,(H,21,22). The molecule has 110 valence electrons. The summed E-state index contributed by atoms with van der Waals surface area (Å²) in [5.41, 5.74) is 2.09. The molecule has 0 atom stereocenters. The third-order valence-corrected chi connectivity index (χ3v) is 3.69. The summed E-state index contributed by atoms with van der Waals surface area (Å²) in [6, 6.07) is 20.2. The average Bonchev–Trinajstić information content (AvgIpc) is 2.59. The van der Waals surface area contributed by atoms with Crippen molar-refractivity contribution >= 4 is 16.7 Å². The van der Waals surface area contributed by atoms with Crippen molar-refractivity contribution in [3.05, 3.63) is 78.1 Å².